The van der Waals surface area contributed by atoms with Gasteiger partial charge in [0.15, 0.2) is 0 Å². The van der Waals surface area contributed by atoms with E-state index in [9.17, 15) is 9.59 Å². The molecule has 7 heteroatoms. The standard InChI is InChI=1S/C20H21N5O2/c1-13(14-5-9-25(12-26)10-6-14)23-19-15-3-7-21-11-16(15)18-17(24(19)2)4-8-22-20(18)27/h3-4,7-8,11-12,14H,1,5-6,9-10H2,2H3,(H,22,27). The third kappa shape index (κ3) is 2.95. The van der Waals surface area contributed by atoms with Gasteiger partial charge in [-0.25, -0.2) is 4.99 Å². The predicted octanol–water partition coefficient (Wildman–Crippen LogP) is 1.70. The van der Waals surface area contributed by atoms with Crippen LogP contribution in [0.1, 0.15) is 12.8 Å². The second-order valence-corrected chi connectivity index (χ2v) is 6.89. The zero-order chi connectivity index (χ0) is 19.0. The highest BCUT2D eigenvalue weighted by Gasteiger charge is 2.20. The van der Waals surface area contributed by atoms with Gasteiger partial charge in [-0.15, -0.1) is 0 Å². The summed E-state index contributed by atoms with van der Waals surface area (Å²) in [5.74, 6) is 0.243. The number of piperidine rings is 1. The average molecular weight is 363 g/mol. The predicted molar refractivity (Wildman–Crippen MR) is 104 cm³/mol. The molecule has 1 aliphatic rings. The average Bonchev–Trinajstić information content (AvgIpc) is 2.71. The molecule has 1 fully saturated rings. The number of carbonyl (C=O) groups is 1. The van der Waals surface area contributed by atoms with Gasteiger partial charge >= 0.3 is 0 Å². The molecule has 0 spiro atoms. The van der Waals surface area contributed by atoms with Gasteiger partial charge in [0.25, 0.3) is 5.56 Å². The molecule has 1 amide bonds. The van der Waals surface area contributed by atoms with Crippen LogP contribution in [-0.4, -0.2) is 38.9 Å². The Bertz CT molecular complexity index is 1170. The third-order valence-corrected chi connectivity index (χ3v) is 5.35. The van der Waals surface area contributed by atoms with Crippen molar-refractivity contribution < 1.29 is 4.79 Å². The number of fused-ring (bicyclic) bond motifs is 3. The number of carbonyl (C=O) groups excluding carboxylic acids is 1. The van der Waals surface area contributed by atoms with Gasteiger partial charge in [0.1, 0.15) is 5.49 Å². The lowest BCUT2D eigenvalue weighted by Gasteiger charge is -2.29. The van der Waals surface area contributed by atoms with Crippen molar-refractivity contribution >= 4 is 28.1 Å². The zero-order valence-corrected chi connectivity index (χ0v) is 15.2. The SMILES string of the molecule is C=C(N=c1c2ccncc2c2c(=O)[nH]ccc2n1C)C1CCN(C=O)CC1. The van der Waals surface area contributed by atoms with Gasteiger partial charge in [-0.3, -0.25) is 14.6 Å². The second kappa shape index (κ2) is 6.83. The number of hydrogen-bond acceptors (Lipinski definition) is 4. The Morgan fingerprint density at radius 1 is 1.33 bits per heavy atom. The smallest absolute Gasteiger partial charge is 0.258 e. The number of H-pyrrole nitrogens is 1. The molecule has 1 N–H and O–H groups in total. The Labute approximate surface area is 155 Å². The van der Waals surface area contributed by atoms with E-state index >= 15 is 0 Å². The van der Waals surface area contributed by atoms with E-state index in [4.69, 9.17) is 4.99 Å². The Hall–Kier alpha value is -3.22. The fraction of sp³-hybridized carbons (Fsp3) is 0.300. The summed E-state index contributed by atoms with van der Waals surface area (Å²) in [6.45, 7) is 5.66. The summed E-state index contributed by atoms with van der Waals surface area (Å²) in [7, 11) is 1.91. The molecule has 0 aliphatic carbocycles. The summed E-state index contributed by atoms with van der Waals surface area (Å²) < 4.78 is 1.93. The number of nitrogens with zero attached hydrogens (tertiary/aromatic N) is 4. The Morgan fingerprint density at radius 3 is 2.85 bits per heavy atom. The number of pyridine rings is 3. The molecule has 3 aromatic rings. The number of hydrogen-bond donors (Lipinski definition) is 1. The van der Waals surface area contributed by atoms with Gasteiger partial charge in [0.2, 0.25) is 6.41 Å². The molecule has 0 radical (unpaired) electrons. The van der Waals surface area contributed by atoms with Gasteiger partial charge in [-0.2, -0.15) is 0 Å². The topological polar surface area (TPSA) is 83.3 Å². The van der Waals surface area contributed by atoms with Crippen LogP contribution in [0.2, 0.25) is 0 Å². The summed E-state index contributed by atoms with van der Waals surface area (Å²) in [4.78, 5) is 36.9. The molecule has 1 saturated heterocycles. The Kier molecular flexibility index (Phi) is 4.35. The molecule has 4 rings (SSSR count). The third-order valence-electron chi connectivity index (χ3n) is 5.35. The van der Waals surface area contributed by atoms with Crippen molar-refractivity contribution in [2.24, 2.45) is 18.0 Å². The molecule has 4 heterocycles. The molecule has 0 aromatic carbocycles. The normalized spacial score (nSPS) is 16.2. The molecule has 0 unspecified atom stereocenters. The summed E-state index contributed by atoms with van der Waals surface area (Å²) in [5.41, 5.74) is 2.21. The quantitative estimate of drug-likeness (QED) is 0.568. The number of amides is 1. The molecule has 7 nitrogen and oxygen atoms in total. The maximum Gasteiger partial charge on any atom is 0.258 e. The monoisotopic (exact) mass is 363 g/mol. The van der Waals surface area contributed by atoms with Crippen LogP contribution in [0.15, 0.2) is 52.8 Å². The molecule has 0 saturated carbocycles. The largest absolute Gasteiger partial charge is 0.345 e. The molecular formula is C20H21N5O2. The fourth-order valence-corrected chi connectivity index (χ4v) is 3.79. The highest BCUT2D eigenvalue weighted by Crippen LogP contribution is 2.24. The number of aryl methyl sites for hydroxylation is 1. The minimum atomic E-state index is -0.146. The van der Waals surface area contributed by atoms with Crippen LogP contribution >= 0.6 is 0 Å². The van der Waals surface area contributed by atoms with Gasteiger partial charge < -0.3 is 14.5 Å². The van der Waals surface area contributed by atoms with Crippen LogP contribution in [-0.2, 0) is 11.8 Å². The Balaban J connectivity index is 1.89. The molecule has 1 aliphatic heterocycles. The maximum absolute atomic E-state index is 12.4. The highest BCUT2D eigenvalue weighted by atomic mass is 16.1. The summed E-state index contributed by atoms with van der Waals surface area (Å²) in [6, 6.07) is 3.75. The maximum atomic E-state index is 12.4. The number of rotatable bonds is 3. The van der Waals surface area contributed by atoms with E-state index in [1.165, 1.54) is 0 Å². The van der Waals surface area contributed by atoms with Crippen molar-refractivity contribution in [1.29, 1.82) is 0 Å². The first kappa shape index (κ1) is 17.2. The second-order valence-electron chi connectivity index (χ2n) is 6.89. The minimum Gasteiger partial charge on any atom is -0.345 e. The van der Waals surface area contributed by atoms with Crippen molar-refractivity contribution in [3.8, 4) is 0 Å². The van der Waals surface area contributed by atoms with Gasteiger partial charge in [0, 0.05) is 61.1 Å². The van der Waals surface area contributed by atoms with E-state index in [1.54, 1.807) is 23.5 Å². The number of allylic oxidation sites excluding steroid dienone is 1. The fourth-order valence-electron chi connectivity index (χ4n) is 3.79. The van der Waals surface area contributed by atoms with Crippen LogP contribution < -0.4 is 11.0 Å². The van der Waals surface area contributed by atoms with E-state index in [-0.39, 0.29) is 11.5 Å². The van der Waals surface area contributed by atoms with Crippen molar-refractivity contribution in [1.82, 2.24) is 19.4 Å². The van der Waals surface area contributed by atoms with Crippen LogP contribution in [0.5, 0.6) is 0 Å². The molecule has 3 aromatic heterocycles. The van der Waals surface area contributed by atoms with E-state index in [0.29, 0.717) is 5.39 Å². The molecule has 27 heavy (non-hydrogen) atoms. The number of aromatic nitrogens is 3. The minimum absolute atomic E-state index is 0.146. The first-order valence-electron chi connectivity index (χ1n) is 8.97. The first-order valence-corrected chi connectivity index (χ1v) is 8.97. The highest BCUT2D eigenvalue weighted by molar-refractivity contribution is 6.04. The molecule has 138 valence electrons. The van der Waals surface area contributed by atoms with E-state index in [2.05, 4.69) is 16.5 Å². The van der Waals surface area contributed by atoms with Crippen LogP contribution in [0.3, 0.4) is 0 Å². The lowest BCUT2D eigenvalue weighted by Crippen LogP contribution is -2.33. The zero-order valence-electron chi connectivity index (χ0n) is 15.2. The van der Waals surface area contributed by atoms with Crippen molar-refractivity contribution in [2.75, 3.05) is 13.1 Å². The van der Waals surface area contributed by atoms with Crippen molar-refractivity contribution in [3.05, 3.63) is 58.8 Å². The van der Waals surface area contributed by atoms with E-state index in [1.807, 2.05) is 23.7 Å². The molecular weight excluding hydrogens is 342 g/mol. The summed E-state index contributed by atoms with van der Waals surface area (Å²) in [6.07, 6.45) is 7.67. The summed E-state index contributed by atoms with van der Waals surface area (Å²) in [5, 5.41) is 2.24. The van der Waals surface area contributed by atoms with E-state index < -0.39 is 0 Å². The van der Waals surface area contributed by atoms with Gasteiger partial charge in [-0.1, -0.05) is 6.58 Å². The lowest BCUT2D eigenvalue weighted by atomic mass is 9.94. The van der Waals surface area contributed by atoms with Crippen molar-refractivity contribution in [3.63, 3.8) is 0 Å². The lowest BCUT2D eigenvalue weighted by molar-refractivity contribution is -0.119. The molecule has 0 atom stereocenters. The number of likely N-dealkylation sites (tertiary alicyclic amines) is 1. The van der Waals surface area contributed by atoms with Crippen LogP contribution in [0.4, 0.5) is 0 Å². The van der Waals surface area contributed by atoms with Gasteiger partial charge in [-0.05, 0) is 25.0 Å². The van der Waals surface area contributed by atoms with Crippen molar-refractivity contribution in [2.45, 2.75) is 12.8 Å². The number of aromatic amines is 1. The van der Waals surface area contributed by atoms with Crippen LogP contribution in [0, 0.1) is 5.92 Å². The first-order chi connectivity index (χ1) is 13.1. The van der Waals surface area contributed by atoms with E-state index in [0.717, 1.165) is 59.8 Å². The van der Waals surface area contributed by atoms with Crippen LogP contribution in [0.25, 0.3) is 21.7 Å². The molecule has 0 bridgehead atoms. The Morgan fingerprint density at radius 2 is 2.11 bits per heavy atom. The number of nitrogens with one attached hydrogen (secondary N) is 1. The van der Waals surface area contributed by atoms with Gasteiger partial charge in [0.05, 0.1) is 10.9 Å². The summed E-state index contributed by atoms with van der Waals surface area (Å²) >= 11 is 0.